The number of nitrogens with zero attached hydrogens (tertiary/aromatic N) is 1. The molecule has 0 aromatic carbocycles. The molecule has 0 bridgehead atoms. The lowest BCUT2D eigenvalue weighted by molar-refractivity contribution is -0.0446. The van der Waals surface area contributed by atoms with Crippen molar-refractivity contribution in [3.05, 3.63) is 0 Å². The Labute approximate surface area is 128 Å². The maximum atomic E-state index is 12.4. The van der Waals surface area contributed by atoms with E-state index in [1.165, 1.54) is 4.31 Å². The van der Waals surface area contributed by atoms with E-state index in [0.717, 1.165) is 25.7 Å². The van der Waals surface area contributed by atoms with Gasteiger partial charge in [0.2, 0.25) is 0 Å². The summed E-state index contributed by atoms with van der Waals surface area (Å²) in [5, 5.41) is 10.5. The molecule has 0 aromatic rings. The highest BCUT2D eigenvalue weighted by Gasteiger charge is 2.34. The zero-order chi connectivity index (χ0) is 15.5. The van der Waals surface area contributed by atoms with Gasteiger partial charge in [-0.1, -0.05) is 25.7 Å². The quantitative estimate of drug-likeness (QED) is 0.758. The Hall–Kier alpha value is -0.210. The van der Waals surface area contributed by atoms with Gasteiger partial charge in [-0.05, 0) is 26.7 Å². The first-order chi connectivity index (χ1) is 9.81. The molecule has 0 spiro atoms. The Morgan fingerprint density at radius 3 is 2.19 bits per heavy atom. The van der Waals surface area contributed by atoms with Crippen molar-refractivity contribution in [2.45, 2.75) is 70.2 Å². The van der Waals surface area contributed by atoms with Crippen molar-refractivity contribution in [2.24, 2.45) is 0 Å². The summed E-state index contributed by atoms with van der Waals surface area (Å²) in [7, 11) is -3.56. The second-order valence-corrected chi connectivity index (χ2v) is 8.29. The predicted octanol–water partition coefficient (Wildman–Crippen LogP) is 1.02. The summed E-state index contributed by atoms with van der Waals surface area (Å²) in [4.78, 5) is 0. The van der Waals surface area contributed by atoms with Gasteiger partial charge in [-0.25, -0.2) is 0 Å². The van der Waals surface area contributed by atoms with Gasteiger partial charge >= 0.3 is 0 Å². The van der Waals surface area contributed by atoms with Gasteiger partial charge in [0.25, 0.3) is 10.2 Å². The molecule has 0 radical (unpaired) electrons. The fourth-order valence-electron chi connectivity index (χ4n) is 3.21. The van der Waals surface area contributed by atoms with Crippen LogP contribution >= 0.6 is 0 Å². The highest BCUT2D eigenvalue weighted by atomic mass is 32.2. The first kappa shape index (κ1) is 17.1. The summed E-state index contributed by atoms with van der Waals surface area (Å²) in [5.74, 6) is 0. The molecule has 1 aliphatic carbocycles. The summed E-state index contributed by atoms with van der Waals surface area (Å²) in [6.45, 7) is 4.57. The fraction of sp³-hybridized carbons (Fsp3) is 1.00. The van der Waals surface area contributed by atoms with Crippen molar-refractivity contribution in [2.75, 3.05) is 19.6 Å². The Balaban J connectivity index is 1.94. The van der Waals surface area contributed by atoms with Crippen LogP contribution in [0.3, 0.4) is 0 Å². The number of nitrogens with one attached hydrogen (secondary N) is 1. The van der Waals surface area contributed by atoms with Crippen LogP contribution in [0.5, 0.6) is 0 Å². The van der Waals surface area contributed by atoms with E-state index in [4.69, 9.17) is 4.74 Å². The minimum absolute atomic E-state index is 0.105. The van der Waals surface area contributed by atoms with Crippen molar-refractivity contribution in [3.63, 3.8) is 0 Å². The second kappa shape index (κ2) is 6.91. The molecule has 2 aliphatic rings. The van der Waals surface area contributed by atoms with E-state index in [1.54, 1.807) is 0 Å². The molecule has 7 heteroatoms. The monoisotopic (exact) mass is 320 g/mol. The molecule has 2 rings (SSSR count). The van der Waals surface area contributed by atoms with Gasteiger partial charge in [0.05, 0.1) is 17.8 Å². The molecular formula is C14H28N2O4S. The largest absolute Gasteiger partial charge is 0.389 e. The van der Waals surface area contributed by atoms with Crippen molar-refractivity contribution in [3.8, 4) is 0 Å². The third-order valence-electron chi connectivity index (χ3n) is 4.34. The average molecular weight is 320 g/mol. The summed E-state index contributed by atoms with van der Waals surface area (Å²) in [6, 6.07) is 0. The Morgan fingerprint density at radius 2 is 1.67 bits per heavy atom. The van der Waals surface area contributed by atoms with E-state index in [2.05, 4.69) is 4.72 Å². The summed E-state index contributed by atoms with van der Waals surface area (Å²) >= 11 is 0. The van der Waals surface area contributed by atoms with Gasteiger partial charge < -0.3 is 9.84 Å². The lowest BCUT2D eigenvalue weighted by Gasteiger charge is -2.35. The maximum absolute atomic E-state index is 12.4. The van der Waals surface area contributed by atoms with E-state index in [9.17, 15) is 13.5 Å². The molecule has 124 valence electrons. The number of ether oxygens (including phenoxy) is 1. The Kier molecular flexibility index (Phi) is 5.65. The zero-order valence-electron chi connectivity index (χ0n) is 13.0. The van der Waals surface area contributed by atoms with Crippen LogP contribution < -0.4 is 4.72 Å². The number of rotatable bonds is 4. The molecule has 0 amide bonds. The highest BCUT2D eigenvalue weighted by molar-refractivity contribution is 7.87. The molecule has 1 saturated heterocycles. The van der Waals surface area contributed by atoms with E-state index in [0.29, 0.717) is 25.9 Å². The standard InChI is InChI=1S/C14H28N2O4S/c1-12-9-16(10-13(2)20-12)21(18,19)15-11-14(17)7-5-3-4-6-8-14/h12-13,15,17H,3-11H2,1-2H3. The molecule has 2 fully saturated rings. The molecule has 1 aliphatic heterocycles. The molecular weight excluding hydrogens is 292 g/mol. The van der Waals surface area contributed by atoms with Gasteiger partial charge in [0.1, 0.15) is 0 Å². The first-order valence-corrected chi connectivity index (χ1v) is 9.37. The number of morpholine rings is 1. The predicted molar refractivity (Wildman–Crippen MR) is 81.2 cm³/mol. The highest BCUT2D eigenvalue weighted by Crippen LogP contribution is 2.26. The van der Waals surface area contributed by atoms with Crippen molar-refractivity contribution >= 4 is 10.2 Å². The van der Waals surface area contributed by atoms with Crippen LogP contribution in [0.4, 0.5) is 0 Å². The van der Waals surface area contributed by atoms with Crippen LogP contribution in [0.1, 0.15) is 52.4 Å². The van der Waals surface area contributed by atoms with Crippen molar-refractivity contribution in [1.29, 1.82) is 0 Å². The van der Waals surface area contributed by atoms with Gasteiger partial charge in [-0.3, -0.25) is 0 Å². The molecule has 2 atom stereocenters. The maximum Gasteiger partial charge on any atom is 0.279 e. The molecule has 2 N–H and O–H groups in total. The summed E-state index contributed by atoms with van der Waals surface area (Å²) in [5.41, 5.74) is -0.896. The van der Waals surface area contributed by atoms with Crippen LogP contribution in [0.2, 0.25) is 0 Å². The van der Waals surface area contributed by atoms with Crippen LogP contribution in [-0.4, -0.2) is 55.3 Å². The van der Waals surface area contributed by atoms with Crippen LogP contribution in [0, 0.1) is 0 Å². The Morgan fingerprint density at radius 1 is 1.14 bits per heavy atom. The fourth-order valence-corrected chi connectivity index (χ4v) is 4.65. The van der Waals surface area contributed by atoms with E-state index < -0.39 is 15.8 Å². The number of aliphatic hydroxyl groups is 1. The molecule has 0 aromatic heterocycles. The number of hydrogen-bond donors (Lipinski definition) is 2. The lowest BCUT2D eigenvalue weighted by atomic mass is 9.95. The third kappa shape index (κ3) is 4.89. The summed E-state index contributed by atoms with van der Waals surface area (Å²) in [6.07, 6.45) is 5.30. The number of hydrogen-bond acceptors (Lipinski definition) is 4. The topological polar surface area (TPSA) is 78.9 Å². The van der Waals surface area contributed by atoms with Gasteiger partial charge in [0.15, 0.2) is 0 Å². The molecule has 2 unspecified atom stereocenters. The second-order valence-electron chi connectivity index (χ2n) is 6.54. The van der Waals surface area contributed by atoms with Crippen LogP contribution in [-0.2, 0) is 14.9 Å². The van der Waals surface area contributed by atoms with Gasteiger partial charge in [-0.2, -0.15) is 17.4 Å². The minimum Gasteiger partial charge on any atom is -0.389 e. The van der Waals surface area contributed by atoms with Crippen molar-refractivity contribution in [1.82, 2.24) is 9.03 Å². The third-order valence-corrected chi connectivity index (χ3v) is 5.83. The molecule has 1 saturated carbocycles. The van der Waals surface area contributed by atoms with E-state index in [1.807, 2.05) is 13.8 Å². The normalized spacial score (nSPS) is 31.8. The van der Waals surface area contributed by atoms with Crippen LogP contribution in [0.25, 0.3) is 0 Å². The van der Waals surface area contributed by atoms with Gasteiger partial charge in [0, 0.05) is 19.6 Å². The van der Waals surface area contributed by atoms with Crippen LogP contribution in [0.15, 0.2) is 0 Å². The molecule has 6 nitrogen and oxygen atoms in total. The van der Waals surface area contributed by atoms with Crippen molar-refractivity contribution < 1.29 is 18.3 Å². The summed E-state index contributed by atoms with van der Waals surface area (Å²) < 4.78 is 34.4. The Bertz CT molecular complexity index is 422. The SMILES string of the molecule is CC1CN(S(=O)(=O)NCC2(O)CCCCCC2)CC(C)O1. The smallest absolute Gasteiger partial charge is 0.279 e. The van der Waals surface area contributed by atoms with E-state index in [-0.39, 0.29) is 18.8 Å². The average Bonchev–Trinajstić information content (AvgIpc) is 2.61. The lowest BCUT2D eigenvalue weighted by Crippen LogP contribution is -2.54. The first-order valence-electron chi connectivity index (χ1n) is 7.93. The zero-order valence-corrected chi connectivity index (χ0v) is 13.9. The minimum atomic E-state index is -3.56. The molecule has 1 heterocycles. The molecule has 21 heavy (non-hydrogen) atoms. The van der Waals surface area contributed by atoms with Gasteiger partial charge in [-0.15, -0.1) is 0 Å². The van der Waals surface area contributed by atoms with E-state index >= 15 is 0 Å².